The van der Waals surface area contributed by atoms with Crippen LogP contribution in [-0.2, 0) is 9.53 Å². The molecule has 3 rings (SSSR count). The summed E-state index contributed by atoms with van der Waals surface area (Å²) in [5, 5.41) is 4.35. The van der Waals surface area contributed by atoms with Crippen LogP contribution < -0.4 is 16.0 Å². The van der Waals surface area contributed by atoms with Crippen LogP contribution in [0.2, 0.25) is 5.02 Å². The number of para-hydroxylation sites is 1. The molecule has 1 fully saturated rings. The highest BCUT2D eigenvalue weighted by Crippen LogP contribution is 2.27. The average molecular weight is 391 g/mol. The van der Waals surface area contributed by atoms with Crippen LogP contribution in [0.1, 0.15) is 19.3 Å². The number of halogens is 1. The summed E-state index contributed by atoms with van der Waals surface area (Å²) in [7, 11) is 0. The zero-order valence-corrected chi connectivity index (χ0v) is 15.7. The van der Waals surface area contributed by atoms with Crippen LogP contribution in [0.25, 0.3) is 10.9 Å². The monoisotopic (exact) mass is 390 g/mol. The zero-order chi connectivity index (χ0) is 19.2. The highest BCUT2D eigenvalue weighted by molar-refractivity contribution is 6.35. The Kier molecular flexibility index (Phi) is 6.34. The quantitative estimate of drug-likeness (QED) is 0.790. The minimum atomic E-state index is -0.666. The molecule has 144 valence electrons. The molecule has 0 unspecified atom stereocenters. The van der Waals surface area contributed by atoms with E-state index in [2.05, 4.69) is 21.0 Å². The van der Waals surface area contributed by atoms with Gasteiger partial charge in [0.15, 0.2) is 6.61 Å². The molecule has 8 heteroatoms. The van der Waals surface area contributed by atoms with Crippen molar-refractivity contribution in [1.29, 1.82) is 0 Å². The van der Waals surface area contributed by atoms with E-state index in [1.807, 2.05) is 24.3 Å². The van der Waals surface area contributed by atoms with Crippen LogP contribution in [-0.4, -0.2) is 43.2 Å². The van der Waals surface area contributed by atoms with E-state index in [4.69, 9.17) is 22.3 Å². The molecule has 2 heterocycles. The predicted molar refractivity (Wildman–Crippen MR) is 105 cm³/mol. The van der Waals surface area contributed by atoms with Crippen LogP contribution in [0.3, 0.4) is 0 Å². The average Bonchev–Trinajstić information content (AvgIpc) is 2.67. The van der Waals surface area contributed by atoms with Crippen LogP contribution >= 0.6 is 11.6 Å². The molecule has 1 aliphatic heterocycles. The lowest BCUT2D eigenvalue weighted by molar-refractivity contribution is -0.120. The van der Waals surface area contributed by atoms with E-state index in [1.165, 1.54) is 0 Å². The number of nitrogens with zero attached hydrogens (tertiary/aromatic N) is 2. The van der Waals surface area contributed by atoms with E-state index in [9.17, 15) is 9.59 Å². The smallest absolute Gasteiger partial charge is 0.407 e. The van der Waals surface area contributed by atoms with Gasteiger partial charge in [-0.3, -0.25) is 4.79 Å². The van der Waals surface area contributed by atoms with Gasteiger partial charge in [-0.25, -0.2) is 9.78 Å². The van der Waals surface area contributed by atoms with E-state index in [1.54, 1.807) is 0 Å². The maximum atomic E-state index is 11.4. The molecule has 7 nitrogen and oxygen atoms in total. The summed E-state index contributed by atoms with van der Waals surface area (Å²) >= 11 is 6.26. The van der Waals surface area contributed by atoms with Crippen molar-refractivity contribution in [2.45, 2.75) is 19.3 Å². The molecule has 2 amide bonds. The second-order valence-corrected chi connectivity index (χ2v) is 7.08. The van der Waals surface area contributed by atoms with Crippen molar-refractivity contribution in [2.75, 3.05) is 31.1 Å². The number of benzene rings is 1. The molecular weight excluding hydrogens is 368 g/mol. The Morgan fingerprint density at radius 1 is 1.26 bits per heavy atom. The molecule has 27 heavy (non-hydrogen) atoms. The van der Waals surface area contributed by atoms with Gasteiger partial charge in [0.05, 0.1) is 10.5 Å². The number of rotatable bonds is 6. The molecule has 0 aliphatic carbocycles. The number of piperidine rings is 1. The number of hydrogen-bond acceptors (Lipinski definition) is 5. The number of primary amides is 1. The number of anilines is 1. The van der Waals surface area contributed by atoms with Gasteiger partial charge in [-0.2, -0.15) is 0 Å². The first-order valence-electron chi connectivity index (χ1n) is 9.02. The Hall–Kier alpha value is -2.54. The van der Waals surface area contributed by atoms with Crippen molar-refractivity contribution in [3.05, 3.63) is 35.4 Å². The van der Waals surface area contributed by atoms with Gasteiger partial charge in [0.1, 0.15) is 5.82 Å². The molecule has 2 aromatic rings. The van der Waals surface area contributed by atoms with Crippen molar-refractivity contribution < 1.29 is 14.3 Å². The lowest BCUT2D eigenvalue weighted by Gasteiger charge is -2.33. The molecule has 0 radical (unpaired) electrons. The fourth-order valence-corrected chi connectivity index (χ4v) is 3.52. The van der Waals surface area contributed by atoms with Crippen LogP contribution in [0.5, 0.6) is 0 Å². The summed E-state index contributed by atoms with van der Waals surface area (Å²) < 4.78 is 4.66. The second kappa shape index (κ2) is 8.90. The molecule has 1 aromatic carbocycles. The Morgan fingerprint density at radius 2 is 2.04 bits per heavy atom. The summed E-state index contributed by atoms with van der Waals surface area (Å²) in [6.45, 7) is 1.96. The first kappa shape index (κ1) is 19.2. The third kappa shape index (κ3) is 5.23. The van der Waals surface area contributed by atoms with Gasteiger partial charge in [-0.15, -0.1) is 0 Å². The molecule has 0 atom stereocenters. The van der Waals surface area contributed by atoms with Crippen molar-refractivity contribution in [3.63, 3.8) is 0 Å². The predicted octanol–water partition coefficient (Wildman–Crippen LogP) is 2.71. The van der Waals surface area contributed by atoms with E-state index in [-0.39, 0.29) is 0 Å². The number of nitrogens with two attached hydrogens (primary N) is 1. The molecule has 3 N–H and O–H groups in total. The van der Waals surface area contributed by atoms with Crippen molar-refractivity contribution in [2.24, 2.45) is 11.7 Å². The molecule has 0 bridgehead atoms. The molecular formula is C19H23ClN4O3. The van der Waals surface area contributed by atoms with Crippen molar-refractivity contribution in [1.82, 2.24) is 10.3 Å². The largest absolute Gasteiger partial charge is 0.439 e. The Balaban J connectivity index is 1.46. The van der Waals surface area contributed by atoms with Gasteiger partial charge in [-0.05, 0) is 43.4 Å². The van der Waals surface area contributed by atoms with Crippen LogP contribution in [0.15, 0.2) is 30.3 Å². The van der Waals surface area contributed by atoms with Gasteiger partial charge >= 0.3 is 6.09 Å². The van der Waals surface area contributed by atoms with Gasteiger partial charge in [0, 0.05) is 25.0 Å². The van der Waals surface area contributed by atoms with Crippen molar-refractivity contribution >= 4 is 40.3 Å². The molecule has 1 aliphatic rings. The SMILES string of the molecule is NC(=O)COC(=O)NCCC1CCN(c2ccc3cccc(Cl)c3n2)CC1. The van der Waals surface area contributed by atoms with Gasteiger partial charge in [0.25, 0.3) is 5.91 Å². The Labute approximate surface area is 162 Å². The third-order valence-corrected chi connectivity index (χ3v) is 5.07. The van der Waals surface area contributed by atoms with Crippen LogP contribution in [0.4, 0.5) is 10.6 Å². The van der Waals surface area contributed by atoms with Gasteiger partial charge in [-0.1, -0.05) is 23.7 Å². The lowest BCUT2D eigenvalue weighted by Crippen LogP contribution is -2.36. The second-order valence-electron chi connectivity index (χ2n) is 6.67. The molecule has 0 spiro atoms. The number of alkyl carbamates (subject to hydrolysis) is 1. The fraction of sp³-hybridized carbons (Fsp3) is 0.421. The number of ether oxygens (including phenoxy) is 1. The van der Waals surface area contributed by atoms with E-state index < -0.39 is 18.6 Å². The normalized spacial score (nSPS) is 14.9. The summed E-state index contributed by atoms with van der Waals surface area (Å²) in [5.74, 6) is 0.810. The Morgan fingerprint density at radius 3 is 2.78 bits per heavy atom. The first-order chi connectivity index (χ1) is 13.0. The fourth-order valence-electron chi connectivity index (χ4n) is 3.29. The maximum Gasteiger partial charge on any atom is 0.407 e. The molecule has 0 saturated carbocycles. The number of nitrogens with one attached hydrogen (secondary N) is 1. The number of pyridine rings is 1. The highest BCUT2D eigenvalue weighted by atomic mass is 35.5. The number of hydrogen-bond donors (Lipinski definition) is 2. The summed E-state index contributed by atoms with van der Waals surface area (Å²) in [6, 6.07) is 9.88. The minimum Gasteiger partial charge on any atom is -0.439 e. The number of fused-ring (bicyclic) bond motifs is 1. The van der Waals surface area contributed by atoms with Crippen LogP contribution in [0, 0.1) is 5.92 Å². The van der Waals surface area contributed by atoms with Gasteiger partial charge < -0.3 is 20.7 Å². The minimum absolute atomic E-state index is 0.396. The van der Waals surface area contributed by atoms with E-state index in [0.717, 1.165) is 49.1 Å². The zero-order valence-electron chi connectivity index (χ0n) is 15.0. The summed E-state index contributed by atoms with van der Waals surface area (Å²) in [5.41, 5.74) is 5.76. The topological polar surface area (TPSA) is 97.6 Å². The lowest BCUT2D eigenvalue weighted by atomic mass is 9.93. The number of carbonyl (C=O) groups excluding carboxylic acids is 2. The van der Waals surface area contributed by atoms with Crippen molar-refractivity contribution in [3.8, 4) is 0 Å². The third-order valence-electron chi connectivity index (χ3n) is 4.76. The highest BCUT2D eigenvalue weighted by Gasteiger charge is 2.20. The maximum absolute atomic E-state index is 11.4. The first-order valence-corrected chi connectivity index (χ1v) is 9.40. The molecule has 1 aromatic heterocycles. The van der Waals surface area contributed by atoms with Gasteiger partial charge in [0.2, 0.25) is 0 Å². The Bertz CT molecular complexity index is 822. The number of amides is 2. The van der Waals surface area contributed by atoms with E-state index in [0.29, 0.717) is 17.5 Å². The number of aromatic nitrogens is 1. The standard InChI is InChI=1S/C19H23ClN4O3/c20-15-3-1-2-14-4-5-17(23-18(14)15)24-10-7-13(8-11-24)6-9-22-19(26)27-12-16(21)25/h1-5,13H,6-12H2,(H2,21,25)(H,22,26). The number of carbonyl (C=O) groups is 2. The van der Waals surface area contributed by atoms with E-state index >= 15 is 0 Å². The molecule has 1 saturated heterocycles. The summed E-state index contributed by atoms with van der Waals surface area (Å²) in [4.78, 5) is 29.0. The summed E-state index contributed by atoms with van der Waals surface area (Å²) in [6.07, 6.45) is 2.32.